The number of para-hydroxylation sites is 2. The first-order valence-electron chi connectivity index (χ1n) is 8.11. The number of hydrogen-bond donors (Lipinski definition) is 2. The third-order valence-corrected chi connectivity index (χ3v) is 5.03. The van der Waals surface area contributed by atoms with Crippen LogP contribution in [-0.4, -0.2) is 34.2 Å². The van der Waals surface area contributed by atoms with Crippen LogP contribution in [-0.2, 0) is 22.7 Å². The van der Waals surface area contributed by atoms with E-state index in [-0.39, 0.29) is 18.6 Å². The Balaban J connectivity index is 1.59. The Morgan fingerprint density at radius 2 is 2.20 bits per heavy atom. The molecule has 2 aromatic heterocycles. The predicted octanol–water partition coefficient (Wildman–Crippen LogP) is 2.48. The molecular weight excluding hydrogens is 338 g/mol. The summed E-state index contributed by atoms with van der Waals surface area (Å²) in [5.74, 6) is 0.516. The van der Waals surface area contributed by atoms with Crippen molar-refractivity contribution in [2.45, 2.75) is 25.7 Å². The summed E-state index contributed by atoms with van der Waals surface area (Å²) in [6.45, 7) is 0.757. The van der Waals surface area contributed by atoms with Gasteiger partial charge in [0, 0.05) is 31.5 Å². The summed E-state index contributed by atoms with van der Waals surface area (Å²) < 4.78 is 7.33. The second kappa shape index (κ2) is 8.24. The highest BCUT2D eigenvalue weighted by molar-refractivity contribution is 7.10. The number of aliphatic hydroxyl groups is 1. The van der Waals surface area contributed by atoms with Gasteiger partial charge in [0.2, 0.25) is 5.91 Å². The fraction of sp³-hybridized carbons (Fsp3) is 0.333. The van der Waals surface area contributed by atoms with Crippen LogP contribution < -0.4 is 5.32 Å². The van der Waals surface area contributed by atoms with Crippen molar-refractivity contribution in [2.75, 3.05) is 13.7 Å². The Kier molecular flexibility index (Phi) is 5.80. The standard InChI is InChI=1S/C18H21N3O3S/c1-24-15(16-7-4-10-25-16)11-19-18(23)8-9-21-14-6-3-2-5-13(14)20-17(21)12-22/h2-7,10,15,22H,8-9,11-12H2,1H3,(H,19,23)/t15-/m1/s1. The number of methoxy groups -OCH3 is 1. The molecule has 25 heavy (non-hydrogen) atoms. The second-order valence-electron chi connectivity index (χ2n) is 5.62. The number of fused-ring (bicyclic) bond motifs is 1. The number of carbonyl (C=O) groups excluding carboxylic acids is 1. The zero-order valence-electron chi connectivity index (χ0n) is 14.0. The molecule has 2 N–H and O–H groups in total. The average molecular weight is 359 g/mol. The van der Waals surface area contributed by atoms with E-state index >= 15 is 0 Å². The SMILES string of the molecule is CO[C@H](CNC(=O)CCn1c(CO)nc2ccccc21)c1cccs1. The number of aryl methyl sites for hydroxylation is 1. The molecule has 0 bridgehead atoms. The van der Waals surface area contributed by atoms with Crippen molar-refractivity contribution < 1.29 is 14.6 Å². The highest BCUT2D eigenvalue weighted by Gasteiger charge is 2.14. The van der Waals surface area contributed by atoms with Gasteiger partial charge in [-0.1, -0.05) is 18.2 Å². The van der Waals surface area contributed by atoms with Gasteiger partial charge in [-0.2, -0.15) is 0 Å². The van der Waals surface area contributed by atoms with E-state index in [1.54, 1.807) is 18.4 Å². The maximum absolute atomic E-state index is 12.2. The second-order valence-corrected chi connectivity index (χ2v) is 6.60. The smallest absolute Gasteiger partial charge is 0.221 e. The highest BCUT2D eigenvalue weighted by atomic mass is 32.1. The van der Waals surface area contributed by atoms with Gasteiger partial charge in [-0.05, 0) is 23.6 Å². The van der Waals surface area contributed by atoms with Crippen molar-refractivity contribution in [1.82, 2.24) is 14.9 Å². The third-order valence-electron chi connectivity index (χ3n) is 4.07. The minimum Gasteiger partial charge on any atom is -0.388 e. The van der Waals surface area contributed by atoms with E-state index in [2.05, 4.69) is 10.3 Å². The number of nitrogens with zero attached hydrogens (tertiary/aromatic N) is 2. The molecule has 132 valence electrons. The summed E-state index contributed by atoms with van der Waals surface area (Å²) >= 11 is 1.61. The molecule has 7 heteroatoms. The van der Waals surface area contributed by atoms with Crippen LogP contribution in [0.1, 0.15) is 23.2 Å². The molecule has 0 aliphatic carbocycles. The molecule has 1 aromatic carbocycles. The summed E-state index contributed by atoms with van der Waals surface area (Å²) in [4.78, 5) is 17.7. The van der Waals surface area contributed by atoms with Crippen LogP contribution in [0.15, 0.2) is 41.8 Å². The maximum Gasteiger partial charge on any atom is 0.221 e. The lowest BCUT2D eigenvalue weighted by molar-refractivity contribution is -0.121. The molecule has 1 atom stereocenters. The van der Waals surface area contributed by atoms with Gasteiger partial charge >= 0.3 is 0 Å². The van der Waals surface area contributed by atoms with Gasteiger partial charge in [0.1, 0.15) is 18.5 Å². The molecule has 0 saturated heterocycles. The van der Waals surface area contributed by atoms with Gasteiger partial charge in [-0.15, -0.1) is 11.3 Å². The summed E-state index contributed by atoms with van der Waals surface area (Å²) in [5, 5.41) is 14.4. The van der Waals surface area contributed by atoms with Gasteiger partial charge in [0.25, 0.3) is 0 Å². The molecule has 1 amide bonds. The fourth-order valence-corrected chi connectivity index (χ4v) is 3.58. The fourth-order valence-electron chi connectivity index (χ4n) is 2.78. The van der Waals surface area contributed by atoms with Crippen molar-refractivity contribution in [2.24, 2.45) is 0 Å². The van der Waals surface area contributed by atoms with Gasteiger partial charge in [-0.25, -0.2) is 4.98 Å². The number of carbonyl (C=O) groups is 1. The van der Waals surface area contributed by atoms with Gasteiger partial charge in [0.05, 0.1) is 11.0 Å². The summed E-state index contributed by atoms with van der Waals surface area (Å²) in [6, 6.07) is 11.6. The predicted molar refractivity (Wildman–Crippen MR) is 97.4 cm³/mol. The molecule has 0 radical (unpaired) electrons. The van der Waals surface area contributed by atoms with E-state index in [0.717, 1.165) is 15.9 Å². The van der Waals surface area contributed by atoms with Crippen LogP contribution in [0.2, 0.25) is 0 Å². The van der Waals surface area contributed by atoms with Crippen molar-refractivity contribution >= 4 is 28.3 Å². The third kappa shape index (κ3) is 4.07. The monoisotopic (exact) mass is 359 g/mol. The lowest BCUT2D eigenvalue weighted by atomic mass is 10.2. The van der Waals surface area contributed by atoms with Crippen LogP contribution >= 0.6 is 11.3 Å². The van der Waals surface area contributed by atoms with E-state index in [4.69, 9.17) is 4.74 Å². The van der Waals surface area contributed by atoms with Gasteiger partial charge in [-0.3, -0.25) is 4.79 Å². The Morgan fingerprint density at radius 1 is 1.36 bits per heavy atom. The van der Waals surface area contributed by atoms with Crippen molar-refractivity contribution in [3.05, 3.63) is 52.5 Å². The van der Waals surface area contributed by atoms with Gasteiger partial charge < -0.3 is 19.7 Å². The molecule has 0 aliphatic rings. The Labute approximate surface area is 150 Å². The summed E-state index contributed by atoms with van der Waals surface area (Å²) in [5.41, 5.74) is 1.75. The minimum atomic E-state index is -0.152. The van der Waals surface area contributed by atoms with Crippen LogP contribution in [0, 0.1) is 0 Å². The van der Waals surface area contributed by atoms with Crippen molar-refractivity contribution in [3.8, 4) is 0 Å². The van der Waals surface area contributed by atoms with Crippen molar-refractivity contribution in [3.63, 3.8) is 0 Å². The van der Waals surface area contributed by atoms with Crippen LogP contribution in [0.25, 0.3) is 11.0 Å². The average Bonchev–Trinajstić information content (AvgIpc) is 3.28. The van der Waals surface area contributed by atoms with E-state index in [1.165, 1.54) is 0 Å². The van der Waals surface area contributed by atoms with E-state index < -0.39 is 0 Å². The van der Waals surface area contributed by atoms with Crippen LogP contribution in [0.4, 0.5) is 0 Å². The molecule has 0 fully saturated rings. The number of thiophene rings is 1. The maximum atomic E-state index is 12.2. The number of amides is 1. The number of ether oxygens (including phenoxy) is 1. The number of hydrogen-bond acceptors (Lipinski definition) is 5. The molecule has 0 unspecified atom stereocenters. The Hall–Kier alpha value is -2.22. The zero-order valence-corrected chi connectivity index (χ0v) is 14.8. The zero-order chi connectivity index (χ0) is 17.6. The first kappa shape index (κ1) is 17.6. The minimum absolute atomic E-state index is 0.0553. The van der Waals surface area contributed by atoms with E-state index in [0.29, 0.717) is 25.3 Å². The topological polar surface area (TPSA) is 76.4 Å². The molecule has 0 saturated carbocycles. The molecular formula is C18H21N3O3S. The van der Waals surface area contributed by atoms with E-state index in [9.17, 15) is 9.90 Å². The number of imidazole rings is 1. The summed E-state index contributed by atoms with van der Waals surface area (Å²) in [6.07, 6.45) is 0.180. The number of benzene rings is 1. The largest absolute Gasteiger partial charge is 0.388 e. The number of aliphatic hydroxyl groups excluding tert-OH is 1. The quantitative estimate of drug-likeness (QED) is 0.648. The summed E-state index contributed by atoms with van der Waals surface area (Å²) in [7, 11) is 1.64. The number of rotatable bonds is 8. The van der Waals surface area contributed by atoms with Crippen LogP contribution in [0.5, 0.6) is 0 Å². The highest BCUT2D eigenvalue weighted by Crippen LogP contribution is 2.21. The van der Waals surface area contributed by atoms with E-state index in [1.807, 2.05) is 46.3 Å². The number of aromatic nitrogens is 2. The lowest BCUT2D eigenvalue weighted by Crippen LogP contribution is -2.29. The Bertz CT molecular complexity index is 829. The number of nitrogens with one attached hydrogen (secondary N) is 1. The molecule has 0 spiro atoms. The molecule has 3 rings (SSSR count). The first-order valence-corrected chi connectivity index (χ1v) is 8.98. The lowest BCUT2D eigenvalue weighted by Gasteiger charge is -2.15. The molecule has 2 heterocycles. The van der Waals surface area contributed by atoms with Crippen LogP contribution in [0.3, 0.4) is 0 Å². The van der Waals surface area contributed by atoms with Crippen molar-refractivity contribution in [1.29, 1.82) is 0 Å². The first-order chi connectivity index (χ1) is 12.2. The molecule has 6 nitrogen and oxygen atoms in total. The molecule has 3 aromatic rings. The van der Waals surface area contributed by atoms with Gasteiger partial charge in [0.15, 0.2) is 0 Å². The Morgan fingerprint density at radius 3 is 2.92 bits per heavy atom. The molecule has 0 aliphatic heterocycles. The normalized spacial score (nSPS) is 12.4.